The van der Waals surface area contributed by atoms with E-state index in [2.05, 4.69) is 5.32 Å². The number of nitrogens with one attached hydrogen (secondary N) is 1. The zero-order chi connectivity index (χ0) is 11.3. The molecule has 78 valence electrons. The SMILES string of the molecule is N#CCCNc1ccc(Cl)cc1[N+](=O)[O-]. The molecule has 0 radical (unpaired) electrons. The second-order valence-corrected chi connectivity index (χ2v) is 3.19. The van der Waals surface area contributed by atoms with Gasteiger partial charge in [-0.2, -0.15) is 5.26 Å². The highest BCUT2D eigenvalue weighted by Crippen LogP contribution is 2.27. The van der Waals surface area contributed by atoms with Crippen molar-refractivity contribution in [3.63, 3.8) is 0 Å². The van der Waals surface area contributed by atoms with Crippen LogP contribution in [0.5, 0.6) is 0 Å². The van der Waals surface area contributed by atoms with Crippen LogP contribution < -0.4 is 5.32 Å². The molecule has 0 spiro atoms. The number of hydrogen-bond acceptors (Lipinski definition) is 4. The average Bonchev–Trinajstić information content (AvgIpc) is 2.20. The van der Waals surface area contributed by atoms with E-state index >= 15 is 0 Å². The molecule has 0 bridgehead atoms. The quantitative estimate of drug-likeness (QED) is 0.485. The normalized spacial score (nSPS) is 9.33. The summed E-state index contributed by atoms with van der Waals surface area (Å²) in [7, 11) is 0. The van der Waals surface area contributed by atoms with Crippen molar-refractivity contribution in [1.29, 1.82) is 5.26 Å². The summed E-state index contributed by atoms with van der Waals surface area (Å²) in [5.74, 6) is 0. The lowest BCUT2D eigenvalue weighted by Crippen LogP contribution is -2.03. The lowest BCUT2D eigenvalue weighted by atomic mass is 10.2. The summed E-state index contributed by atoms with van der Waals surface area (Å²) in [4.78, 5) is 10.1. The molecular formula is C9H8ClN3O2. The Morgan fingerprint density at radius 1 is 1.60 bits per heavy atom. The van der Waals surface area contributed by atoms with E-state index < -0.39 is 4.92 Å². The third-order valence-electron chi connectivity index (χ3n) is 1.71. The number of halogens is 1. The number of anilines is 1. The highest BCUT2D eigenvalue weighted by Gasteiger charge is 2.13. The first-order valence-electron chi connectivity index (χ1n) is 4.20. The van der Waals surface area contributed by atoms with Crippen molar-refractivity contribution in [1.82, 2.24) is 0 Å². The third-order valence-corrected chi connectivity index (χ3v) is 1.94. The van der Waals surface area contributed by atoms with Gasteiger partial charge in [-0.1, -0.05) is 11.6 Å². The van der Waals surface area contributed by atoms with Gasteiger partial charge in [0.05, 0.1) is 17.4 Å². The van der Waals surface area contributed by atoms with Gasteiger partial charge in [-0.15, -0.1) is 0 Å². The Kier molecular flexibility index (Phi) is 3.89. The van der Waals surface area contributed by atoms with Crippen LogP contribution in [-0.2, 0) is 0 Å². The number of hydrogen-bond donors (Lipinski definition) is 1. The molecular weight excluding hydrogens is 218 g/mol. The molecule has 5 nitrogen and oxygen atoms in total. The van der Waals surface area contributed by atoms with Crippen molar-refractivity contribution >= 4 is 23.0 Å². The maximum absolute atomic E-state index is 10.6. The van der Waals surface area contributed by atoms with Crippen LogP contribution in [0.25, 0.3) is 0 Å². The first-order chi connectivity index (χ1) is 7.15. The van der Waals surface area contributed by atoms with Crippen molar-refractivity contribution in [3.8, 4) is 6.07 Å². The van der Waals surface area contributed by atoms with Gasteiger partial charge >= 0.3 is 0 Å². The van der Waals surface area contributed by atoms with E-state index in [9.17, 15) is 10.1 Å². The van der Waals surface area contributed by atoms with Crippen molar-refractivity contribution in [2.75, 3.05) is 11.9 Å². The molecule has 1 N–H and O–H groups in total. The van der Waals surface area contributed by atoms with Crippen LogP contribution in [-0.4, -0.2) is 11.5 Å². The number of rotatable bonds is 4. The number of nitro benzene ring substituents is 1. The number of nitriles is 1. The lowest BCUT2D eigenvalue weighted by molar-refractivity contribution is -0.383. The van der Waals surface area contributed by atoms with Crippen molar-refractivity contribution in [2.45, 2.75) is 6.42 Å². The fraction of sp³-hybridized carbons (Fsp3) is 0.222. The van der Waals surface area contributed by atoms with Crippen LogP contribution in [0.2, 0.25) is 5.02 Å². The molecule has 0 atom stereocenters. The minimum Gasteiger partial charge on any atom is -0.378 e. The molecule has 1 aromatic carbocycles. The van der Waals surface area contributed by atoms with Crippen LogP contribution in [0.1, 0.15) is 6.42 Å². The molecule has 1 rings (SSSR count). The van der Waals surface area contributed by atoms with Gasteiger partial charge in [0.2, 0.25) is 0 Å². The smallest absolute Gasteiger partial charge is 0.293 e. The van der Waals surface area contributed by atoms with E-state index in [1.807, 2.05) is 6.07 Å². The van der Waals surface area contributed by atoms with E-state index in [1.54, 1.807) is 6.07 Å². The molecule has 0 fully saturated rings. The Morgan fingerprint density at radius 2 is 2.33 bits per heavy atom. The van der Waals surface area contributed by atoms with Gasteiger partial charge in [0.1, 0.15) is 5.69 Å². The molecule has 1 aromatic rings. The Hall–Kier alpha value is -1.80. The fourth-order valence-corrected chi connectivity index (χ4v) is 1.22. The van der Waals surface area contributed by atoms with Crippen LogP contribution in [0.3, 0.4) is 0 Å². The summed E-state index contributed by atoms with van der Waals surface area (Å²) in [6.45, 7) is 0.374. The fourth-order valence-electron chi connectivity index (χ4n) is 1.06. The van der Waals surface area contributed by atoms with Gasteiger partial charge in [-0.05, 0) is 12.1 Å². The Bertz CT molecular complexity index is 414. The van der Waals surface area contributed by atoms with Crippen molar-refractivity contribution < 1.29 is 4.92 Å². The molecule has 0 saturated heterocycles. The summed E-state index contributed by atoms with van der Waals surface area (Å²) in [5.41, 5.74) is 0.292. The van der Waals surface area contributed by atoms with Gasteiger partial charge in [0.25, 0.3) is 5.69 Å². The van der Waals surface area contributed by atoms with Crippen molar-refractivity contribution in [2.24, 2.45) is 0 Å². The molecule has 15 heavy (non-hydrogen) atoms. The van der Waals surface area contributed by atoms with Gasteiger partial charge < -0.3 is 5.32 Å². The lowest BCUT2D eigenvalue weighted by Gasteiger charge is -2.04. The highest BCUT2D eigenvalue weighted by atomic mass is 35.5. The third kappa shape index (κ3) is 3.11. The molecule has 6 heteroatoms. The standard InChI is InChI=1S/C9H8ClN3O2/c10-7-2-3-8(12-5-1-4-11)9(6-7)13(14)15/h2-3,6,12H,1,5H2. The first kappa shape index (κ1) is 11.3. The van der Waals surface area contributed by atoms with Crippen LogP contribution >= 0.6 is 11.6 Å². The average molecular weight is 226 g/mol. The molecule has 0 aromatic heterocycles. The molecule has 0 aliphatic heterocycles. The maximum Gasteiger partial charge on any atom is 0.293 e. The maximum atomic E-state index is 10.6. The first-order valence-corrected chi connectivity index (χ1v) is 4.57. The van der Waals surface area contributed by atoms with E-state index in [0.29, 0.717) is 23.7 Å². The van der Waals surface area contributed by atoms with Gasteiger partial charge in [-0.3, -0.25) is 10.1 Å². The summed E-state index contributed by atoms with van der Waals surface area (Å²) in [6, 6.07) is 6.30. The van der Waals surface area contributed by atoms with Gasteiger partial charge in [0.15, 0.2) is 0 Å². The zero-order valence-electron chi connectivity index (χ0n) is 7.74. The highest BCUT2D eigenvalue weighted by molar-refractivity contribution is 6.30. The molecule has 0 saturated carbocycles. The number of benzene rings is 1. The van der Waals surface area contributed by atoms with E-state index in [-0.39, 0.29) is 5.69 Å². The van der Waals surface area contributed by atoms with Gasteiger partial charge in [0, 0.05) is 17.6 Å². The topological polar surface area (TPSA) is 79.0 Å². The predicted octanol–water partition coefficient (Wildman–Crippen LogP) is 2.57. The molecule has 0 unspecified atom stereocenters. The zero-order valence-corrected chi connectivity index (χ0v) is 8.49. The van der Waals surface area contributed by atoms with Crippen LogP contribution in [0, 0.1) is 21.4 Å². The minimum atomic E-state index is -0.513. The van der Waals surface area contributed by atoms with Crippen LogP contribution in [0.4, 0.5) is 11.4 Å². The predicted molar refractivity (Wildman–Crippen MR) is 56.8 cm³/mol. The van der Waals surface area contributed by atoms with E-state index in [0.717, 1.165) is 0 Å². The molecule has 0 aliphatic carbocycles. The summed E-state index contributed by atoms with van der Waals surface area (Å²) >= 11 is 5.64. The molecule has 0 amide bonds. The number of nitro groups is 1. The summed E-state index contributed by atoms with van der Waals surface area (Å²) in [5, 5.41) is 22.1. The molecule has 0 aliphatic rings. The summed E-state index contributed by atoms with van der Waals surface area (Å²) < 4.78 is 0. The minimum absolute atomic E-state index is 0.0829. The summed E-state index contributed by atoms with van der Waals surface area (Å²) in [6.07, 6.45) is 0.291. The number of nitrogens with zero attached hydrogens (tertiary/aromatic N) is 2. The Morgan fingerprint density at radius 3 is 2.93 bits per heavy atom. The van der Waals surface area contributed by atoms with E-state index in [4.69, 9.17) is 16.9 Å². The second-order valence-electron chi connectivity index (χ2n) is 2.75. The Labute approximate surface area is 91.4 Å². The van der Waals surface area contributed by atoms with Gasteiger partial charge in [-0.25, -0.2) is 0 Å². The van der Waals surface area contributed by atoms with Crippen LogP contribution in [0.15, 0.2) is 18.2 Å². The van der Waals surface area contributed by atoms with E-state index in [1.165, 1.54) is 12.1 Å². The molecule has 0 heterocycles. The monoisotopic (exact) mass is 225 g/mol. The Balaban J connectivity index is 2.87. The van der Waals surface area contributed by atoms with Crippen molar-refractivity contribution in [3.05, 3.63) is 33.3 Å². The largest absolute Gasteiger partial charge is 0.378 e. The second kappa shape index (κ2) is 5.17.